The molecule has 1 aromatic heterocycles. The predicted octanol–water partition coefficient (Wildman–Crippen LogP) is 3.14. The molecule has 0 radical (unpaired) electrons. The molecule has 2 aromatic carbocycles. The molecule has 0 N–H and O–H groups in total. The third-order valence-electron chi connectivity index (χ3n) is 4.50. The molecular weight excluding hydrogens is 286 g/mol. The van der Waals surface area contributed by atoms with Gasteiger partial charge in [0.2, 0.25) is 0 Å². The highest BCUT2D eigenvalue weighted by Gasteiger charge is 2.14. The Bertz CT molecular complexity index is 853. The summed E-state index contributed by atoms with van der Waals surface area (Å²) in [5.41, 5.74) is 4.91. The van der Waals surface area contributed by atoms with Crippen LogP contribution in [-0.2, 0) is 26.6 Å². The Hall–Kier alpha value is -2.33. The lowest BCUT2D eigenvalue weighted by atomic mass is 10.1. The Morgan fingerprint density at radius 3 is 2.91 bits per heavy atom. The molecule has 0 saturated carbocycles. The quantitative estimate of drug-likeness (QED) is 0.742. The molecule has 3 aromatic rings. The van der Waals surface area contributed by atoms with E-state index in [1.165, 1.54) is 16.6 Å². The van der Waals surface area contributed by atoms with Gasteiger partial charge in [0.25, 0.3) is 0 Å². The summed E-state index contributed by atoms with van der Waals surface area (Å²) in [6.45, 7) is 2.56. The number of ether oxygens (including phenoxy) is 1. The van der Waals surface area contributed by atoms with E-state index >= 15 is 0 Å². The number of aryl methyl sites for hydroxylation is 1. The van der Waals surface area contributed by atoms with Crippen molar-refractivity contribution in [3.05, 3.63) is 59.4 Å². The minimum Gasteiger partial charge on any atom is -0.493 e. The fourth-order valence-corrected chi connectivity index (χ4v) is 3.28. The van der Waals surface area contributed by atoms with Gasteiger partial charge in [-0.05, 0) is 36.4 Å². The van der Waals surface area contributed by atoms with Gasteiger partial charge in [-0.15, -0.1) is 0 Å². The van der Waals surface area contributed by atoms with Crippen molar-refractivity contribution in [3.63, 3.8) is 0 Å². The van der Waals surface area contributed by atoms with Gasteiger partial charge in [-0.2, -0.15) is 0 Å². The molecule has 1 aliphatic heterocycles. The number of hydrogen-bond donors (Lipinski definition) is 0. The van der Waals surface area contributed by atoms with Gasteiger partial charge in [0, 0.05) is 20.0 Å². The zero-order valence-corrected chi connectivity index (χ0v) is 13.6. The maximum atomic E-state index is 5.58. The van der Waals surface area contributed by atoms with E-state index in [1.807, 2.05) is 6.07 Å². The molecule has 0 spiro atoms. The number of para-hydroxylation sites is 2. The lowest BCUT2D eigenvalue weighted by molar-refractivity contribution is 0.307. The van der Waals surface area contributed by atoms with Crippen LogP contribution >= 0.6 is 0 Å². The summed E-state index contributed by atoms with van der Waals surface area (Å²) in [5, 5.41) is 0. The lowest BCUT2D eigenvalue weighted by Crippen LogP contribution is -2.19. The van der Waals surface area contributed by atoms with Crippen molar-refractivity contribution in [2.45, 2.75) is 19.5 Å². The van der Waals surface area contributed by atoms with Gasteiger partial charge in [0.1, 0.15) is 11.6 Å². The molecule has 0 aliphatic carbocycles. The Labute approximate surface area is 136 Å². The third-order valence-corrected chi connectivity index (χ3v) is 4.50. The second-order valence-electron chi connectivity index (χ2n) is 6.29. The van der Waals surface area contributed by atoms with Crippen LogP contribution in [-0.4, -0.2) is 28.1 Å². The molecule has 0 unspecified atom stereocenters. The van der Waals surface area contributed by atoms with E-state index in [0.29, 0.717) is 0 Å². The van der Waals surface area contributed by atoms with Crippen LogP contribution in [0.4, 0.5) is 0 Å². The largest absolute Gasteiger partial charge is 0.493 e. The van der Waals surface area contributed by atoms with E-state index in [-0.39, 0.29) is 0 Å². The van der Waals surface area contributed by atoms with Crippen LogP contribution in [0.5, 0.6) is 5.75 Å². The fourth-order valence-electron chi connectivity index (χ4n) is 3.28. The smallest absolute Gasteiger partial charge is 0.123 e. The Kier molecular flexibility index (Phi) is 3.54. The van der Waals surface area contributed by atoms with Gasteiger partial charge in [-0.25, -0.2) is 4.98 Å². The van der Waals surface area contributed by atoms with Crippen molar-refractivity contribution in [2.24, 2.45) is 7.05 Å². The van der Waals surface area contributed by atoms with Crippen LogP contribution in [0.15, 0.2) is 42.5 Å². The average molecular weight is 307 g/mol. The van der Waals surface area contributed by atoms with Gasteiger partial charge in [-0.1, -0.05) is 24.3 Å². The summed E-state index contributed by atoms with van der Waals surface area (Å²) < 4.78 is 7.76. The minimum atomic E-state index is 0.814. The molecule has 23 heavy (non-hydrogen) atoms. The summed E-state index contributed by atoms with van der Waals surface area (Å²) in [5.74, 6) is 2.14. The molecule has 4 nitrogen and oxygen atoms in total. The molecule has 4 heteroatoms. The van der Waals surface area contributed by atoms with Crippen LogP contribution in [0, 0.1) is 0 Å². The molecule has 4 rings (SSSR count). The van der Waals surface area contributed by atoms with Crippen LogP contribution in [0.1, 0.15) is 17.0 Å². The normalized spacial score (nSPS) is 13.5. The second-order valence-corrected chi connectivity index (χ2v) is 6.29. The molecule has 0 fully saturated rings. The minimum absolute atomic E-state index is 0.814. The van der Waals surface area contributed by atoms with Crippen LogP contribution in [0.25, 0.3) is 11.0 Å². The van der Waals surface area contributed by atoms with Gasteiger partial charge in [0.05, 0.1) is 24.2 Å². The number of aromatic nitrogens is 2. The first-order chi connectivity index (χ1) is 11.2. The van der Waals surface area contributed by atoms with Crippen molar-refractivity contribution >= 4 is 11.0 Å². The van der Waals surface area contributed by atoms with Crippen LogP contribution < -0.4 is 4.74 Å². The summed E-state index contributed by atoms with van der Waals surface area (Å²) in [6, 6.07) is 14.8. The molecule has 0 atom stereocenters. The van der Waals surface area contributed by atoms with Crippen LogP contribution in [0.3, 0.4) is 0 Å². The maximum absolute atomic E-state index is 5.58. The van der Waals surface area contributed by atoms with Crippen molar-refractivity contribution < 1.29 is 4.74 Å². The number of hydrogen-bond acceptors (Lipinski definition) is 3. The number of imidazole rings is 1. The first-order valence-corrected chi connectivity index (χ1v) is 8.04. The highest BCUT2D eigenvalue weighted by atomic mass is 16.5. The molecule has 0 amide bonds. The number of benzene rings is 2. The van der Waals surface area contributed by atoms with Gasteiger partial charge in [0.15, 0.2) is 0 Å². The van der Waals surface area contributed by atoms with Crippen molar-refractivity contribution in [1.82, 2.24) is 14.5 Å². The first-order valence-electron chi connectivity index (χ1n) is 8.04. The highest BCUT2D eigenvalue weighted by Crippen LogP contribution is 2.26. The molecule has 0 saturated heterocycles. The number of nitrogens with zero attached hydrogens (tertiary/aromatic N) is 3. The molecule has 2 heterocycles. The standard InChI is InChI=1S/C19H21N3O/c1-21(12-14-7-8-18-15(11-14)9-10-23-18)13-19-20-16-5-3-4-6-17(16)22(19)2/h3-8,11H,9-10,12-13H2,1-2H3. The van der Waals surface area contributed by atoms with E-state index in [0.717, 1.165) is 43.2 Å². The molecule has 0 bridgehead atoms. The van der Waals surface area contributed by atoms with E-state index in [4.69, 9.17) is 9.72 Å². The third kappa shape index (κ3) is 2.70. The second kappa shape index (κ2) is 5.70. The van der Waals surface area contributed by atoms with Crippen LogP contribution in [0.2, 0.25) is 0 Å². The molecule has 118 valence electrons. The zero-order chi connectivity index (χ0) is 15.8. The Morgan fingerprint density at radius 1 is 1.17 bits per heavy atom. The summed E-state index contributed by atoms with van der Waals surface area (Å²) in [6.07, 6.45) is 1.03. The van der Waals surface area contributed by atoms with Gasteiger partial charge < -0.3 is 9.30 Å². The Morgan fingerprint density at radius 2 is 2.04 bits per heavy atom. The maximum Gasteiger partial charge on any atom is 0.123 e. The van der Waals surface area contributed by atoms with Crippen molar-refractivity contribution in [1.29, 1.82) is 0 Å². The lowest BCUT2D eigenvalue weighted by Gasteiger charge is -2.17. The predicted molar refractivity (Wildman–Crippen MR) is 91.5 cm³/mol. The number of rotatable bonds is 4. The highest BCUT2D eigenvalue weighted by molar-refractivity contribution is 5.75. The van der Waals surface area contributed by atoms with Crippen molar-refractivity contribution in [2.75, 3.05) is 13.7 Å². The van der Waals surface area contributed by atoms with E-state index in [2.05, 4.69) is 60.0 Å². The Balaban J connectivity index is 1.51. The SMILES string of the molecule is CN(Cc1ccc2c(c1)CCO2)Cc1nc2ccccc2n1C. The van der Waals surface area contributed by atoms with Gasteiger partial charge >= 0.3 is 0 Å². The average Bonchev–Trinajstić information content (AvgIpc) is 3.12. The number of fused-ring (bicyclic) bond motifs is 2. The van der Waals surface area contributed by atoms with Gasteiger partial charge in [-0.3, -0.25) is 4.90 Å². The summed E-state index contributed by atoms with van der Waals surface area (Å²) >= 11 is 0. The monoisotopic (exact) mass is 307 g/mol. The van der Waals surface area contributed by atoms with E-state index in [1.54, 1.807) is 0 Å². The fraction of sp³-hybridized carbons (Fsp3) is 0.316. The summed E-state index contributed by atoms with van der Waals surface area (Å²) in [7, 11) is 4.23. The van der Waals surface area contributed by atoms with E-state index in [9.17, 15) is 0 Å². The zero-order valence-electron chi connectivity index (χ0n) is 13.6. The van der Waals surface area contributed by atoms with E-state index < -0.39 is 0 Å². The van der Waals surface area contributed by atoms with Crippen molar-refractivity contribution in [3.8, 4) is 5.75 Å². The topological polar surface area (TPSA) is 30.3 Å². The first kappa shape index (κ1) is 14.3. The summed E-state index contributed by atoms with van der Waals surface area (Å²) in [4.78, 5) is 7.06. The molecular formula is C19H21N3O. The molecule has 1 aliphatic rings.